The average Bonchev–Trinajstić information content (AvgIpc) is 3.61. The predicted octanol–water partition coefficient (Wildman–Crippen LogP) is 5.57. The average molecular weight is 641 g/mol. The highest BCUT2D eigenvalue weighted by atomic mass is 16.5. The topological polar surface area (TPSA) is 103 Å². The minimum Gasteiger partial charge on any atom is -0.494 e. The number of nitrogens with zero attached hydrogens (tertiary/aromatic N) is 4. The van der Waals surface area contributed by atoms with Gasteiger partial charge in [0.25, 0.3) is 5.91 Å². The number of ether oxygens (including phenoxy) is 2. The number of aromatic nitrogens is 3. The van der Waals surface area contributed by atoms with Crippen LogP contribution in [0.2, 0.25) is 0 Å². The Hall–Kier alpha value is -3.89. The van der Waals surface area contributed by atoms with Crippen LogP contribution in [0, 0.1) is 5.41 Å². The Balaban J connectivity index is 1.26. The number of aryl methyl sites for hydroxylation is 2. The van der Waals surface area contributed by atoms with Gasteiger partial charge in [-0.1, -0.05) is 45.2 Å². The summed E-state index contributed by atoms with van der Waals surface area (Å²) >= 11 is 0. The molecule has 2 aromatic carbocycles. The van der Waals surface area contributed by atoms with E-state index in [9.17, 15) is 9.59 Å². The molecular weight excluding hydrogens is 592 g/mol. The normalized spacial score (nSPS) is 23.8. The molecule has 2 saturated heterocycles. The Morgan fingerprint density at radius 2 is 1.91 bits per heavy atom. The van der Waals surface area contributed by atoms with Crippen molar-refractivity contribution in [3.8, 4) is 17.3 Å². The summed E-state index contributed by atoms with van der Waals surface area (Å²) in [4.78, 5) is 34.1. The van der Waals surface area contributed by atoms with Gasteiger partial charge in [0, 0.05) is 55.1 Å². The molecule has 2 aromatic heterocycles. The molecule has 3 aliphatic heterocycles. The number of benzene rings is 2. The van der Waals surface area contributed by atoms with Crippen LogP contribution in [0.5, 0.6) is 5.75 Å². The fourth-order valence-electron chi connectivity index (χ4n) is 7.71. The maximum atomic E-state index is 13.8. The number of hydrogen-bond acceptors (Lipinski definition) is 6. The van der Waals surface area contributed by atoms with E-state index in [1.807, 2.05) is 24.1 Å². The molecule has 0 radical (unpaired) electrons. The van der Waals surface area contributed by atoms with Gasteiger partial charge in [-0.25, -0.2) is 4.98 Å². The van der Waals surface area contributed by atoms with Crippen molar-refractivity contribution in [2.75, 3.05) is 33.4 Å². The highest BCUT2D eigenvalue weighted by Crippen LogP contribution is 2.36. The lowest BCUT2D eigenvalue weighted by molar-refractivity contribution is -0.130. The number of likely N-dealkylation sites (tertiary alicyclic amines) is 1. The zero-order valence-corrected chi connectivity index (χ0v) is 28.4. The van der Waals surface area contributed by atoms with Crippen molar-refractivity contribution in [1.29, 1.82) is 0 Å². The molecule has 0 saturated carbocycles. The molecule has 0 spiro atoms. The van der Waals surface area contributed by atoms with Gasteiger partial charge < -0.3 is 34.1 Å². The minimum atomic E-state index is -0.389. The number of methoxy groups -OCH3 is 1. The van der Waals surface area contributed by atoms with Crippen LogP contribution in [0.1, 0.15) is 81.3 Å². The third-order valence-corrected chi connectivity index (χ3v) is 10.6. The van der Waals surface area contributed by atoms with Crippen molar-refractivity contribution in [3.63, 3.8) is 0 Å². The van der Waals surface area contributed by atoms with E-state index in [4.69, 9.17) is 14.5 Å². The van der Waals surface area contributed by atoms with Crippen molar-refractivity contribution in [2.24, 2.45) is 12.5 Å². The van der Waals surface area contributed by atoms with Gasteiger partial charge in [-0.05, 0) is 56.0 Å². The number of imidazole rings is 1. The first kappa shape index (κ1) is 31.7. The van der Waals surface area contributed by atoms with Crippen molar-refractivity contribution in [1.82, 2.24) is 29.7 Å². The summed E-state index contributed by atoms with van der Waals surface area (Å²) in [6, 6.07) is 12.5. The van der Waals surface area contributed by atoms with Crippen molar-refractivity contribution in [3.05, 3.63) is 47.5 Å². The highest BCUT2D eigenvalue weighted by Gasteiger charge is 2.35. The third-order valence-electron chi connectivity index (χ3n) is 10.6. The van der Waals surface area contributed by atoms with Gasteiger partial charge in [-0.3, -0.25) is 9.59 Å². The Morgan fingerprint density at radius 3 is 2.74 bits per heavy atom. The minimum absolute atomic E-state index is 0.0115. The number of carbonyl (C=O) groups excluding carboxylic acids is 2. The van der Waals surface area contributed by atoms with Crippen LogP contribution in [-0.4, -0.2) is 76.3 Å². The molecule has 2 amide bonds. The molecule has 0 unspecified atom stereocenters. The first-order valence-corrected chi connectivity index (χ1v) is 17.3. The number of rotatable bonds is 3. The number of hydrogen-bond donors (Lipinski definition) is 2. The molecule has 2 bridgehead atoms. The number of piperidine rings is 1. The van der Waals surface area contributed by atoms with E-state index in [0.717, 1.165) is 97.2 Å². The fourth-order valence-corrected chi connectivity index (χ4v) is 7.71. The quantitative estimate of drug-likeness (QED) is 0.304. The number of carbonyl (C=O) groups is 2. The first-order chi connectivity index (χ1) is 22.6. The van der Waals surface area contributed by atoms with Gasteiger partial charge in [0.2, 0.25) is 5.91 Å². The number of nitrogens with one attached hydrogen (secondary N) is 2. The van der Waals surface area contributed by atoms with E-state index in [0.29, 0.717) is 24.4 Å². The summed E-state index contributed by atoms with van der Waals surface area (Å²) in [6.45, 7) is 9.86. The van der Waals surface area contributed by atoms with E-state index < -0.39 is 0 Å². The smallest absolute Gasteiger partial charge is 0.254 e. The Morgan fingerprint density at radius 1 is 1.09 bits per heavy atom. The molecule has 0 aliphatic carbocycles. The zero-order valence-electron chi connectivity index (χ0n) is 28.4. The van der Waals surface area contributed by atoms with E-state index in [2.05, 4.69) is 64.8 Å². The maximum absolute atomic E-state index is 13.8. The number of morpholine rings is 1. The molecule has 10 heteroatoms. The SMILES string of the molecule is COc1cc(C(=O)N2CC[C@H]3OCCN[C@H]3C2)cc2nc(-c3cc4ccc5cc4n3CCCCCCC(C)(C)C(=O)N[C@@H]5C)n(C)c12. The van der Waals surface area contributed by atoms with Crippen LogP contribution in [0.3, 0.4) is 0 Å². The largest absolute Gasteiger partial charge is 0.494 e. The van der Waals surface area contributed by atoms with Gasteiger partial charge in [0.1, 0.15) is 11.3 Å². The molecule has 7 rings (SSSR count). The highest BCUT2D eigenvalue weighted by molar-refractivity contribution is 6.00. The van der Waals surface area contributed by atoms with Gasteiger partial charge in [-0.15, -0.1) is 0 Å². The lowest BCUT2D eigenvalue weighted by Gasteiger charge is -2.41. The van der Waals surface area contributed by atoms with Crippen LogP contribution < -0.4 is 15.4 Å². The lowest BCUT2D eigenvalue weighted by Crippen LogP contribution is -2.59. The second-order valence-corrected chi connectivity index (χ2v) is 14.3. The molecule has 5 heterocycles. The standard InChI is InChI=1S/C37H48N6O4/c1-23-24-10-11-25-20-30(43(29(25)19-24)15-9-7-6-8-13-37(2,3)36(45)39-23)34-40-27-18-26(21-32(46-5)33(27)41(34)4)35(44)42-16-12-31-28(22-42)38-14-17-47-31/h10-11,18-21,23,28,31,38H,6-9,12-17,22H2,1-5H3,(H,39,45)/t23-,28+,31-/m1/s1. The molecule has 2 fully saturated rings. The van der Waals surface area contributed by atoms with Gasteiger partial charge in [0.15, 0.2) is 5.82 Å². The van der Waals surface area contributed by atoms with Crippen molar-refractivity contribution >= 4 is 33.8 Å². The molecular formula is C37H48N6O4. The Kier molecular flexibility index (Phi) is 8.51. The molecule has 10 nitrogen and oxygen atoms in total. The Labute approximate surface area is 276 Å². The summed E-state index contributed by atoms with van der Waals surface area (Å²) in [5.41, 5.74) is 5.03. The van der Waals surface area contributed by atoms with Crippen LogP contribution in [-0.2, 0) is 23.1 Å². The second kappa shape index (κ2) is 12.6. The van der Waals surface area contributed by atoms with Crippen LogP contribution in [0.4, 0.5) is 0 Å². The lowest BCUT2D eigenvalue weighted by atomic mass is 9.85. The monoisotopic (exact) mass is 640 g/mol. The van der Waals surface area contributed by atoms with Crippen LogP contribution >= 0.6 is 0 Å². The Bertz CT molecular complexity index is 1820. The summed E-state index contributed by atoms with van der Waals surface area (Å²) in [7, 11) is 3.67. The predicted molar refractivity (Wildman–Crippen MR) is 184 cm³/mol. The van der Waals surface area contributed by atoms with E-state index >= 15 is 0 Å². The summed E-state index contributed by atoms with van der Waals surface area (Å²) in [5.74, 6) is 1.55. The van der Waals surface area contributed by atoms with E-state index in [-0.39, 0.29) is 35.4 Å². The zero-order chi connectivity index (χ0) is 32.9. The molecule has 4 aromatic rings. The molecule has 47 heavy (non-hydrogen) atoms. The maximum Gasteiger partial charge on any atom is 0.254 e. The summed E-state index contributed by atoms with van der Waals surface area (Å²) < 4.78 is 16.3. The molecule has 3 aliphatic rings. The number of amides is 2. The number of fused-ring (bicyclic) bond motifs is 3. The van der Waals surface area contributed by atoms with Crippen molar-refractivity contribution < 1.29 is 19.1 Å². The second-order valence-electron chi connectivity index (χ2n) is 14.3. The van der Waals surface area contributed by atoms with Gasteiger partial charge in [-0.2, -0.15) is 0 Å². The molecule has 2 N–H and O–H groups in total. The van der Waals surface area contributed by atoms with E-state index in [1.54, 1.807) is 7.11 Å². The van der Waals surface area contributed by atoms with Gasteiger partial charge >= 0.3 is 0 Å². The molecule has 250 valence electrons. The first-order valence-electron chi connectivity index (χ1n) is 17.3. The summed E-state index contributed by atoms with van der Waals surface area (Å²) in [5, 5.41) is 7.93. The van der Waals surface area contributed by atoms with Crippen LogP contribution in [0.15, 0.2) is 36.4 Å². The summed E-state index contributed by atoms with van der Waals surface area (Å²) in [6.07, 6.45) is 6.11. The van der Waals surface area contributed by atoms with Crippen molar-refractivity contribution in [2.45, 2.75) is 84.0 Å². The molecule has 3 atom stereocenters. The van der Waals surface area contributed by atoms with Crippen LogP contribution in [0.25, 0.3) is 33.5 Å². The van der Waals surface area contributed by atoms with E-state index in [1.165, 1.54) is 0 Å². The third kappa shape index (κ3) is 5.91. The fraction of sp³-hybridized carbons (Fsp3) is 0.541. The van der Waals surface area contributed by atoms with Gasteiger partial charge in [0.05, 0.1) is 43.1 Å².